The van der Waals surface area contributed by atoms with Crippen LogP contribution in [0.3, 0.4) is 0 Å². The first kappa shape index (κ1) is 27.4. The third-order valence-corrected chi connectivity index (χ3v) is 6.56. The molecule has 3 aromatic carbocycles. The number of nitrogens with zero attached hydrogens (tertiary/aromatic N) is 3. The normalized spacial score (nSPS) is 11.3. The highest BCUT2D eigenvalue weighted by Gasteiger charge is 2.24. The predicted octanol–water partition coefficient (Wildman–Crippen LogP) is 6.90. The monoisotopic (exact) mass is 552 g/mol. The van der Waals surface area contributed by atoms with Gasteiger partial charge in [-0.1, -0.05) is 74.3 Å². The second-order valence-electron chi connectivity index (χ2n) is 9.88. The molecule has 9 heteroatoms. The Morgan fingerprint density at radius 3 is 2.26 bits per heavy atom. The zero-order valence-corrected chi connectivity index (χ0v) is 22.7. The lowest BCUT2D eigenvalue weighted by atomic mass is 9.92. The van der Waals surface area contributed by atoms with Crippen LogP contribution in [0.25, 0.3) is 5.69 Å². The summed E-state index contributed by atoms with van der Waals surface area (Å²) in [5, 5.41) is 8.35. The quantitative estimate of drug-likeness (QED) is 0.271. The zero-order chi connectivity index (χ0) is 27.4. The summed E-state index contributed by atoms with van der Waals surface area (Å²) in [4.78, 5) is 28.1. The van der Waals surface area contributed by atoms with Gasteiger partial charge in [0.2, 0.25) is 5.91 Å². The average molecular weight is 553 g/mol. The number of halogens is 3. The minimum Gasteiger partial charge on any atom is -0.325 e. The topological polar surface area (TPSA) is 67.2 Å². The summed E-state index contributed by atoms with van der Waals surface area (Å²) in [5.41, 5.74) is 2.22. The molecule has 196 valence electrons. The molecule has 0 spiro atoms. The van der Waals surface area contributed by atoms with E-state index in [-0.39, 0.29) is 24.1 Å². The SMILES string of the molecule is CC(C)(C)c1cc(NC(=O)CN(Cc2ccccc2)C(=O)c2ccc(F)cc2)n(-c2ccc(Cl)c(Cl)c2)n1. The molecule has 1 N–H and O–H groups in total. The van der Waals surface area contributed by atoms with E-state index < -0.39 is 17.6 Å². The van der Waals surface area contributed by atoms with E-state index >= 15 is 0 Å². The van der Waals surface area contributed by atoms with Gasteiger partial charge in [-0.15, -0.1) is 0 Å². The van der Waals surface area contributed by atoms with Crippen molar-refractivity contribution in [1.82, 2.24) is 14.7 Å². The fraction of sp³-hybridized carbons (Fsp3) is 0.207. The average Bonchev–Trinajstić information content (AvgIpc) is 3.30. The van der Waals surface area contributed by atoms with Crippen LogP contribution in [0.15, 0.2) is 78.9 Å². The van der Waals surface area contributed by atoms with Crippen molar-refractivity contribution >= 4 is 40.8 Å². The van der Waals surface area contributed by atoms with Gasteiger partial charge < -0.3 is 10.2 Å². The standard InChI is InChI=1S/C29H27Cl2FN4O2/c1-29(2,3)25-16-26(36(34-25)22-13-14-23(30)24(31)15-22)33-27(37)18-35(17-19-7-5-4-6-8-19)28(38)20-9-11-21(32)12-10-20/h4-16H,17-18H2,1-3H3,(H,33,37). The second-order valence-corrected chi connectivity index (χ2v) is 10.7. The van der Waals surface area contributed by atoms with Crippen LogP contribution in [0.5, 0.6) is 0 Å². The molecule has 0 saturated heterocycles. The van der Waals surface area contributed by atoms with Crippen LogP contribution in [0.1, 0.15) is 42.4 Å². The molecule has 0 aliphatic carbocycles. The lowest BCUT2D eigenvalue weighted by Crippen LogP contribution is -2.37. The zero-order valence-electron chi connectivity index (χ0n) is 21.2. The van der Waals surface area contributed by atoms with E-state index in [0.717, 1.165) is 11.3 Å². The Balaban J connectivity index is 1.63. The van der Waals surface area contributed by atoms with Gasteiger partial charge in [0.05, 0.1) is 21.4 Å². The van der Waals surface area contributed by atoms with Gasteiger partial charge in [0.15, 0.2) is 0 Å². The van der Waals surface area contributed by atoms with E-state index in [4.69, 9.17) is 28.3 Å². The number of anilines is 1. The summed E-state index contributed by atoms with van der Waals surface area (Å²) >= 11 is 12.3. The Hall–Kier alpha value is -3.68. The molecular weight excluding hydrogens is 526 g/mol. The van der Waals surface area contributed by atoms with E-state index in [2.05, 4.69) is 5.32 Å². The van der Waals surface area contributed by atoms with Crippen LogP contribution in [0.4, 0.5) is 10.2 Å². The maximum Gasteiger partial charge on any atom is 0.254 e. The van der Waals surface area contributed by atoms with Gasteiger partial charge in [-0.3, -0.25) is 9.59 Å². The molecule has 0 unspecified atom stereocenters. The maximum absolute atomic E-state index is 13.4. The third-order valence-electron chi connectivity index (χ3n) is 5.82. The minimum atomic E-state index is -0.445. The molecule has 0 aliphatic heterocycles. The Labute approximate surface area is 231 Å². The summed E-state index contributed by atoms with van der Waals surface area (Å²) in [6.07, 6.45) is 0. The first-order chi connectivity index (χ1) is 18.0. The number of hydrogen-bond donors (Lipinski definition) is 1. The highest BCUT2D eigenvalue weighted by Crippen LogP contribution is 2.29. The van der Waals surface area contributed by atoms with Crippen molar-refractivity contribution in [3.05, 3.63) is 112 Å². The molecule has 4 aromatic rings. The second kappa shape index (κ2) is 11.4. The molecule has 0 bridgehead atoms. The van der Waals surface area contributed by atoms with Crippen LogP contribution in [0.2, 0.25) is 10.0 Å². The molecule has 6 nitrogen and oxygen atoms in total. The highest BCUT2D eigenvalue weighted by atomic mass is 35.5. The van der Waals surface area contributed by atoms with Crippen LogP contribution in [-0.4, -0.2) is 33.0 Å². The van der Waals surface area contributed by atoms with E-state index in [1.165, 1.54) is 29.2 Å². The first-order valence-corrected chi connectivity index (χ1v) is 12.7. The number of carbonyl (C=O) groups is 2. The van der Waals surface area contributed by atoms with Gasteiger partial charge in [0, 0.05) is 23.6 Å². The van der Waals surface area contributed by atoms with Gasteiger partial charge in [-0.25, -0.2) is 9.07 Å². The molecule has 0 fully saturated rings. The van der Waals surface area contributed by atoms with Gasteiger partial charge in [0.1, 0.15) is 18.2 Å². The van der Waals surface area contributed by atoms with Crippen molar-refractivity contribution in [1.29, 1.82) is 0 Å². The van der Waals surface area contributed by atoms with Gasteiger partial charge in [-0.05, 0) is 48.0 Å². The molecular formula is C29H27Cl2FN4O2. The van der Waals surface area contributed by atoms with Gasteiger partial charge in [-0.2, -0.15) is 5.10 Å². The van der Waals surface area contributed by atoms with Crippen molar-refractivity contribution in [2.75, 3.05) is 11.9 Å². The smallest absolute Gasteiger partial charge is 0.254 e. The van der Waals surface area contributed by atoms with E-state index in [1.807, 2.05) is 51.1 Å². The molecule has 2 amide bonds. The van der Waals surface area contributed by atoms with Crippen molar-refractivity contribution in [2.24, 2.45) is 0 Å². The number of rotatable bonds is 7. The lowest BCUT2D eigenvalue weighted by molar-refractivity contribution is -0.117. The molecule has 1 heterocycles. The summed E-state index contributed by atoms with van der Waals surface area (Å²) in [7, 11) is 0. The Morgan fingerprint density at radius 1 is 0.947 bits per heavy atom. The van der Waals surface area contributed by atoms with E-state index in [9.17, 15) is 14.0 Å². The van der Waals surface area contributed by atoms with Crippen molar-refractivity contribution in [2.45, 2.75) is 32.7 Å². The number of nitrogens with one attached hydrogen (secondary N) is 1. The molecule has 0 atom stereocenters. The third kappa shape index (κ3) is 6.60. The molecule has 0 saturated carbocycles. The molecule has 4 rings (SSSR count). The van der Waals surface area contributed by atoms with Crippen LogP contribution in [-0.2, 0) is 16.8 Å². The van der Waals surface area contributed by atoms with Crippen molar-refractivity contribution < 1.29 is 14.0 Å². The van der Waals surface area contributed by atoms with E-state index in [1.54, 1.807) is 28.9 Å². The number of amides is 2. The fourth-order valence-electron chi connectivity index (χ4n) is 3.78. The Morgan fingerprint density at radius 2 is 1.63 bits per heavy atom. The first-order valence-electron chi connectivity index (χ1n) is 12.0. The molecule has 1 aromatic heterocycles. The molecule has 38 heavy (non-hydrogen) atoms. The predicted molar refractivity (Wildman–Crippen MR) is 148 cm³/mol. The number of benzene rings is 3. The number of carbonyl (C=O) groups excluding carboxylic acids is 2. The summed E-state index contributed by atoms with van der Waals surface area (Å²) in [6, 6.07) is 21.5. The molecule has 0 radical (unpaired) electrons. The Kier molecular flexibility index (Phi) is 8.19. The summed E-state index contributed by atoms with van der Waals surface area (Å²) < 4.78 is 15.0. The number of aromatic nitrogens is 2. The summed E-state index contributed by atoms with van der Waals surface area (Å²) in [5.74, 6) is -0.832. The maximum atomic E-state index is 13.4. The molecule has 0 aliphatic rings. The summed E-state index contributed by atoms with van der Waals surface area (Å²) in [6.45, 7) is 6.02. The van der Waals surface area contributed by atoms with Crippen LogP contribution in [0, 0.1) is 5.82 Å². The number of hydrogen-bond acceptors (Lipinski definition) is 3. The van der Waals surface area contributed by atoms with E-state index in [0.29, 0.717) is 21.6 Å². The fourth-order valence-corrected chi connectivity index (χ4v) is 4.08. The van der Waals surface area contributed by atoms with Crippen LogP contribution < -0.4 is 5.32 Å². The largest absolute Gasteiger partial charge is 0.325 e. The van der Waals surface area contributed by atoms with Crippen molar-refractivity contribution in [3.63, 3.8) is 0 Å². The van der Waals surface area contributed by atoms with Gasteiger partial charge >= 0.3 is 0 Å². The van der Waals surface area contributed by atoms with Gasteiger partial charge in [0.25, 0.3) is 5.91 Å². The van der Waals surface area contributed by atoms with Crippen LogP contribution >= 0.6 is 23.2 Å². The lowest BCUT2D eigenvalue weighted by Gasteiger charge is -2.22. The minimum absolute atomic E-state index is 0.198. The van der Waals surface area contributed by atoms with Crippen molar-refractivity contribution in [3.8, 4) is 5.69 Å². The Bertz CT molecular complexity index is 1450. The highest BCUT2D eigenvalue weighted by molar-refractivity contribution is 6.42.